The van der Waals surface area contributed by atoms with E-state index < -0.39 is 97.5 Å². The van der Waals surface area contributed by atoms with Crippen molar-refractivity contribution in [1.82, 2.24) is 0 Å². The lowest BCUT2D eigenvalue weighted by atomic mass is 10.1. The zero-order valence-electron chi connectivity index (χ0n) is 66.3. The second-order valence-corrected chi connectivity index (χ2v) is 29.9. The molecular weight excluding hydrogens is 1380 g/mol. The zero-order chi connectivity index (χ0) is 77.4. The molecule has 0 saturated heterocycles. The summed E-state index contributed by atoms with van der Waals surface area (Å²) < 4.78 is 68.6. The molecule has 106 heavy (non-hydrogen) atoms. The number of unbranched alkanes of at least 4 members (excludes halogenated alkanes) is 26. The van der Waals surface area contributed by atoms with Crippen LogP contribution in [0.2, 0.25) is 0 Å². The number of aliphatic hydroxyl groups excluding tert-OH is 1. The van der Waals surface area contributed by atoms with Crippen molar-refractivity contribution in [2.75, 3.05) is 39.6 Å². The highest BCUT2D eigenvalue weighted by atomic mass is 31.2. The van der Waals surface area contributed by atoms with E-state index in [1.807, 2.05) is 18.2 Å². The molecule has 0 aromatic heterocycles. The van der Waals surface area contributed by atoms with Gasteiger partial charge in [-0.25, -0.2) is 9.13 Å². The molecule has 3 unspecified atom stereocenters. The fourth-order valence-corrected chi connectivity index (χ4v) is 12.1. The van der Waals surface area contributed by atoms with Gasteiger partial charge in [-0.3, -0.25) is 37.3 Å². The minimum Gasteiger partial charge on any atom is -0.462 e. The minimum absolute atomic E-state index is 0.0267. The van der Waals surface area contributed by atoms with Crippen LogP contribution >= 0.6 is 15.6 Å². The lowest BCUT2D eigenvalue weighted by Crippen LogP contribution is -2.30. The predicted molar refractivity (Wildman–Crippen MR) is 436 cm³/mol. The first-order valence-electron chi connectivity index (χ1n) is 41.1. The average Bonchev–Trinajstić information content (AvgIpc) is 0.902. The van der Waals surface area contributed by atoms with Crippen LogP contribution in [-0.2, 0) is 65.4 Å². The SMILES string of the molecule is CCC=CCC=CCC=CCC=CCC=CCC=CCCC(=O)OC[C@H](COP(=O)(O)OCC(O)COP(=O)(O)OC[C@@H](COC(=O)CCCCCCCC=CCC=CCCCCC)OC(=O)CCCCCCCC=CCCCCCCCC)OC(=O)CCCCCCC=CCC=CCC=CCCCCC. The van der Waals surface area contributed by atoms with Gasteiger partial charge in [0, 0.05) is 25.7 Å². The molecule has 5 atom stereocenters. The van der Waals surface area contributed by atoms with Crippen molar-refractivity contribution in [2.24, 2.45) is 0 Å². The summed E-state index contributed by atoms with van der Waals surface area (Å²) >= 11 is 0. The molecule has 0 amide bonds. The number of hydrogen-bond donors (Lipinski definition) is 3. The van der Waals surface area contributed by atoms with Gasteiger partial charge in [0.2, 0.25) is 0 Å². The van der Waals surface area contributed by atoms with Crippen LogP contribution in [-0.4, -0.2) is 96.7 Å². The van der Waals surface area contributed by atoms with E-state index >= 15 is 0 Å². The number of phosphoric ester groups is 2. The van der Waals surface area contributed by atoms with Gasteiger partial charge >= 0.3 is 39.5 Å². The second-order valence-electron chi connectivity index (χ2n) is 27.0. The number of carbonyl (C=O) groups is 4. The molecule has 17 nitrogen and oxygen atoms in total. The van der Waals surface area contributed by atoms with Crippen molar-refractivity contribution in [2.45, 2.75) is 341 Å². The molecule has 3 N–H and O–H groups in total. The van der Waals surface area contributed by atoms with Crippen LogP contribution in [0.1, 0.15) is 323 Å². The summed E-state index contributed by atoms with van der Waals surface area (Å²) in [4.78, 5) is 73.1. The van der Waals surface area contributed by atoms with E-state index in [1.165, 1.54) is 77.0 Å². The second kappa shape index (κ2) is 78.1. The van der Waals surface area contributed by atoms with E-state index in [-0.39, 0.29) is 25.7 Å². The molecule has 0 aliphatic rings. The Morgan fingerprint density at radius 1 is 0.274 bits per heavy atom. The number of hydrogen-bond acceptors (Lipinski definition) is 15. The Morgan fingerprint density at radius 3 is 0.840 bits per heavy atom. The van der Waals surface area contributed by atoms with E-state index in [2.05, 4.69) is 155 Å². The summed E-state index contributed by atoms with van der Waals surface area (Å²) in [5.74, 6) is -2.32. The Labute approximate surface area is 643 Å². The largest absolute Gasteiger partial charge is 0.472 e. The maximum Gasteiger partial charge on any atom is 0.472 e. The summed E-state index contributed by atoms with van der Waals surface area (Å²) in [5.41, 5.74) is 0. The van der Waals surface area contributed by atoms with Crippen molar-refractivity contribution < 1.29 is 80.2 Å². The van der Waals surface area contributed by atoms with E-state index in [0.717, 1.165) is 161 Å². The van der Waals surface area contributed by atoms with Crippen molar-refractivity contribution >= 4 is 39.5 Å². The first-order valence-corrected chi connectivity index (χ1v) is 44.1. The number of esters is 4. The van der Waals surface area contributed by atoms with E-state index in [4.69, 9.17) is 37.0 Å². The van der Waals surface area contributed by atoms with Gasteiger partial charge in [-0.1, -0.05) is 283 Å². The normalized spacial score (nSPS) is 14.6. The minimum atomic E-state index is -5.01. The third kappa shape index (κ3) is 77.1. The van der Waals surface area contributed by atoms with Gasteiger partial charge in [0.15, 0.2) is 12.2 Å². The molecule has 0 rings (SSSR count). The maximum absolute atomic E-state index is 13.1. The van der Waals surface area contributed by atoms with E-state index in [1.54, 1.807) is 0 Å². The van der Waals surface area contributed by atoms with Crippen LogP contribution in [0, 0.1) is 0 Å². The van der Waals surface area contributed by atoms with Crippen molar-refractivity contribution in [3.63, 3.8) is 0 Å². The molecule has 0 radical (unpaired) electrons. The maximum atomic E-state index is 13.1. The number of phosphoric acid groups is 2. The lowest BCUT2D eigenvalue weighted by Gasteiger charge is -2.21. The Balaban J connectivity index is 5.48. The average molecular weight is 1530 g/mol. The molecule has 0 heterocycles. The van der Waals surface area contributed by atoms with Gasteiger partial charge < -0.3 is 33.8 Å². The third-order valence-electron chi connectivity index (χ3n) is 16.8. The van der Waals surface area contributed by atoms with E-state index in [0.29, 0.717) is 32.1 Å². The van der Waals surface area contributed by atoms with E-state index in [9.17, 15) is 43.2 Å². The van der Waals surface area contributed by atoms with Crippen LogP contribution in [0.25, 0.3) is 0 Å². The van der Waals surface area contributed by atoms with Gasteiger partial charge in [0.05, 0.1) is 26.4 Å². The number of aliphatic hydroxyl groups is 1. The first-order chi connectivity index (χ1) is 51.7. The Kier molecular flexibility index (Phi) is 74.3. The monoisotopic (exact) mass is 1530 g/mol. The molecule has 0 saturated carbocycles. The smallest absolute Gasteiger partial charge is 0.462 e. The number of carbonyl (C=O) groups excluding carboxylic acids is 4. The first kappa shape index (κ1) is 101. The van der Waals surface area contributed by atoms with Crippen LogP contribution in [0.3, 0.4) is 0 Å². The molecule has 606 valence electrons. The Bertz CT molecular complexity index is 2580. The van der Waals surface area contributed by atoms with Gasteiger partial charge in [0.1, 0.15) is 19.3 Å². The topological polar surface area (TPSA) is 237 Å². The number of rotatable bonds is 76. The molecule has 0 fully saturated rings. The molecule has 0 spiro atoms. The molecule has 0 aromatic carbocycles. The van der Waals surface area contributed by atoms with Gasteiger partial charge in [-0.2, -0.15) is 0 Å². The molecule has 0 aliphatic heterocycles. The fraction of sp³-hybridized carbons (Fsp3) is 0.678. The molecule has 19 heteroatoms. The summed E-state index contributed by atoms with van der Waals surface area (Å²) in [6.45, 7) is 4.58. The van der Waals surface area contributed by atoms with Crippen LogP contribution < -0.4 is 0 Å². The van der Waals surface area contributed by atoms with Crippen LogP contribution in [0.15, 0.2) is 146 Å². The highest BCUT2D eigenvalue weighted by Crippen LogP contribution is 2.45. The number of allylic oxidation sites excluding steroid dienone is 24. The van der Waals surface area contributed by atoms with Crippen molar-refractivity contribution in [3.8, 4) is 0 Å². The summed E-state index contributed by atoms with van der Waals surface area (Å²) in [5, 5.41) is 10.7. The van der Waals surface area contributed by atoms with Gasteiger partial charge in [-0.15, -0.1) is 0 Å². The van der Waals surface area contributed by atoms with Crippen LogP contribution in [0.4, 0.5) is 0 Å². The highest BCUT2D eigenvalue weighted by molar-refractivity contribution is 7.47. The zero-order valence-corrected chi connectivity index (χ0v) is 68.1. The van der Waals surface area contributed by atoms with Crippen molar-refractivity contribution in [1.29, 1.82) is 0 Å². The van der Waals surface area contributed by atoms with Gasteiger partial charge in [0.25, 0.3) is 0 Å². The van der Waals surface area contributed by atoms with Crippen LogP contribution in [0.5, 0.6) is 0 Å². The Hall–Kier alpha value is -5.06. The molecule has 0 aliphatic carbocycles. The quantitative estimate of drug-likeness (QED) is 0.0169. The molecule has 0 aromatic rings. The molecule has 0 bridgehead atoms. The summed E-state index contributed by atoms with van der Waals surface area (Å²) in [6.07, 6.45) is 89.7. The third-order valence-corrected chi connectivity index (χ3v) is 18.7. The highest BCUT2D eigenvalue weighted by Gasteiger charge is 2.30. The number of ether oxygens (including phenoxy) is 4. The predicted octanol–water partition coefficient (Wildman–Crippen LogP) is 24.2. The fourth-order valence-electron chi connectivity index (χ4n) is 10.5. The summed E-state index contributed by atoms with van der Waals surface area (Å²) in [6, 6.07) is 0. The summed E-state index contributed by atoms with van der Waals surface area (Å²) in [7, 11) is -10.0. The molecular formula is C87H146O17P2. The van der Waals surface area contributed by atoms with Gasteiger partial charge in [-0.05, 0) is 161 Å². The Morgan fingerprint density at radius 2 is 0.509 bits per heavy atom. The van der Waals surface area contributed by atoms with Crippen molar-refractivity contribution in [3.05, 3.63) is 146 Å². The standard InChI is InChI=1S/C87H146O17P2/c1-5-9-13-17-21-25-29-33-37-39-40-42-45-48-52-56-60-64-68-72-85(90)98-78-83(104-87(92)74-70-66-62-58-54-50-46-41-38-34-30-26-22-18-14-10-6-2)80-102-106(95,96)100-76-81(88)75-99-105(93,94)101-79-82(103-86(91)73-69-65-61-57-53-49-44-36-32-28-24-20-16-12-8-4)77-97-84(89)71-67-63-59-55-51-47-43-35-31-27-23-19-15-11-7-3/h9,13,21-23,25-27,33-38,40,42-44,46,48,50,52,60,64,81-83,88H,5-8,10-12,14-20,24,28-32,39,41,45,47,49,51,53-59,61-63,65-80H2,1-4H3,(H,93,94)(H,95,96)/t81?,82-,83-/m1/s1. The lowest BCUT2D eigenvalue weighted by molar-refractivity contribution is -0.161.